The van der Waals surface area contributed by atoms with Gasteiger partial charge in [-0.15, -0.1) is 0 Å². The first kappa shape index (κ1) is 16.6. The number of phenolic OH excluding ortho intramolecular Hbond substituents is 1. The quantitative estimate of drug-likeness (QED) is 0.761. The molecule has 1 aromatic carbocycles. The van der Waals surface area contributed by atoms with Crippen LogP contribution in [0, 0.1) is 6.92 Å². The van der Waals surface area contributed by atoms with Crippen LogP contribution in [0.25, 0.3) is 11.2 Å². The van der Waals surface area contributed by atoms with Gasteiger partial charge in [-0.05, 0) is 43.5 Å². The number of carbonyl (C=O) groups excluding carboxylic acids is 1. The number of amides is 1. The maximum atomic E-state index is 12.8. The van der Waals surface area contributed by atoms with Crippen LogP contribution in [0.4, 0.5) is 0 Å². The summed E-state index contributed by atoms with van der Waals surface area (Å²) in [5, 5.41) is 12.3. The molecular formula is C20H22N4O2. The number of aryl methyl sites for hydroxylation is 3. The third kappa shape index (κ3) is 3.14. The summed E-state index contributed by atoms with van der Waals surface area (Å²) in [5.41, 5.74) is 3.83. The van der Waals surface area contributed by atoms with Crippen LogP contribution >= 0.6 is 0 Å². The Morgan fingerprint density at radius 3 is 2.81 bits per heavy atom. The monoisotopic (exact) mass is 350 g/mol. The molecule has 0 unspecified atom stereocenters. The molecule has 1 aliphatic heterocycles. The van der Waals surface area contributed by atoms with Crippen molar-refractivity contribution in [3.8, 4) is 5.75 Å². The van der Waals surface area contributed by atoms with Gasteiger partial charge in [0, 0.05) is 25.2 Å². The Bertz CT molecular complexity index is 960. The van der Waals surface area contributed by atoms with Crippen LogP contribution in [0.5, 0.6) is 5.75 Å². The lowest BCUT2D eigenvalue weighted by molar-refractivity contribution is 0.0952. The van der Waals surface area contributed by atoms with E-state index < -0.39 is 0 Å². The number of hydrogen-bond acceptors (Lipinski definition) is 4. The molecule has 1 amide bonds. The number of aromatic hydroxyl groups is 1. The van der Waals surface area contributed by atoms with Gasteiger partial charge in [0.05, 0.1) is 5.56 Å². The summed E-state index contributed by atoms with van der Waals surface area (Å²) >= 11 is 0. The van der Waals surface area contributed by atoms with Crippen LogP contribution in [0.1, 0.15) is 46.7 Å². The number of hydrogen-bond donors (Lipinski definition) is 2. The number of rotatable bonds is 3. The molecule has 0 atom stereocenters. The Morgan fingerprint density at radius 1 is 1.19 bits per heavy atom. The number of carbonyl (C=O) groups is 1. The molecule has 1 aliphatic rings. The van der Waals surface area contributed by atoms with Crippen molar-refractivity contribution in [1.29, 1.82) is 0 Å². The Hall–Kier alpha value is -2.89. The fourth-order valence-electron chi connectivity index (χ4n) is 3.48. The van der Waals surface area contributed by atoms with Crippen molar-refractivity contribution in [3.63, 3.8) is 0 Å². The Kier molecular flexibility index (Phi) is 4.32. The van der Waals surface area contributed by atoms with Crippen molar-refractivity contribution in [2.24, 2.45) is 0 Å². The largest absolute Gasteiger partial charge is 0.508 e. The first-order valence-corrected chi connectivity index (χ1v) is 9.04. The molecule has 2 aromatic heterocycles. The molecule has 2 N–H and O–H groups in total. The van der Waals surface area contributed by atoms with E-state index in [1.165, 1.54) is 6.42 Å². The third-order valence-electron chi connectivity index (χ3n) is 4.83. The van der Waals surface area contributed by atoms with Gasteiger partial charge < -0.3 is 15.0 Å². The van der Waals surface area contributed by atoms with Gasteiger partial charge in [-0.1, -0.05) is 18.6 Å². The van der Waals surface area contributed by atoms with E-state index in [1.807, 2.05) is 6.92 Å². The van der Waals surface area contributed by atoms with Crippen LogP contribution in [-0.4, -0.2) is 25.5 Å². The highest BCUT2D eigenvalue weighted by Gasteiger charge is 2.20. The van der Waals surface area contributed by atoms with Crippen molar-refractivity contribution in [3.05, 3.63) is 53.0 Å². The summed E-state index contributed by atoms with van der Waals surface area (Å²) in [6.07, 6.45) is 4.39. The van der Waals surface area contributed by atoms with Crippen LogP contribution < -0.4 is 5.32 Å². The highest BCUT2D eigenvalue weighted by Crippen LogP contribution is 2.24. The highest BCUT2D eigenvalue weighted by atomic mass is 16.3. The van der Waals surface area contributed by atoms with Crippen molar-refractivity contribution >= 4 is 17.1 Å². The van der Waals surface area contributed by atoms with Crippen LogP contribution in [0.2, 0.25) is 0 Å². The molecule has 6 heteroatoms. The molecular weight excluding hydrogens is 328 g/mol. The fraction of sp³-hybridized carbons (Fsp3) is 0.350. The molecule has 0 fully saturated rings. The first-order valence-electron chi connectivity index (χ1n) is 9.04. The average Bonchev–Trinajstić information content (AvgIpc) is 2.82. The zero-order valence-electron chi connectivity index (χ0n) is 14.8. The fourth-order valence-corrected chi connectivity index (χ4v) is 3.48. The van der Waals surface area contributed by atoms with Crippen molar-refractivity contribution < 1.29 is 9.90 Å². The predicted molar refractivity (Wildman–Crippen MR) is 99.1 cm³/mol. The molecule has 0 radical (unpaired) electrons. The Labute approximate surface area is 151 Å². The lowest BCUT2D eigenvalue weighted by atomic mass is 10.1. The SMILES string of the molecule is Cc1cc(C(=O)NCc2ccc(O)cc2)c2nc3n(c2n1)CCCCC3. The predicted octanol–water partition coefficient (Wildman–Crippen LogP) is 3.10. The molecule has 0 bridgehead atoms. The lowest BCUT2D eigenvalue weighted by Gasteiger charge is -2.08. The maximum absolute atomic E-state index is 12.8. The minimum Gasteiger partial charge on any atom is -0.508 e. The van der Waals surface area contributed by atoms with Crippen LogP contribution in [-0.2, 0) is 19.5 Å². The van der Waals surface area contributed by atoms with E-state index in [0.717, 1.165) is 48.5 Å². The van der Waals surface area contributed by atoms with Gasteiger partial charge >= 0.3 is 0 Å². The van der Waals surface area contributed by atoms with Crippen molar-refractivity contribution in [1.82, 2.24) is 19.9 Å². The van der Waals surface area contributed by atoms with Crippen molar-refractivity contribution in [2.75, 3.05) is 0 Å². The normalized spacial score (nSPS) is 14.0. The Morgan fingerprint density at radius 2 is 2.00 bits per heavy atom. The standard InChI is InChI=1S/C20H22N4O2/c1-13-11-16(20(26)21-12-14-6-8-15(25)9-7-14)18-19(22-13)24-10-4-2-3-5-17(24)23-18/h6-9,11,25H,2-5,10,12H2,1H3,(H,21,26). The number of phenols is 1. The van der Waals surface area contributed by atoms with Crippen LogP contribution in [0.3, 0.4) is 0 Å². The number of imidazole rings is 1. The molecule has 26 heavy (non-hydrogen) atoms. The molecule has 0 aliphatic carbocycles. The smallest absolute Gasteiger partial charge is 0.253 e. The van der Waals surface area contributed by atoms with E-state index in [9.17, 15) is 9.90 Å². The second-order valence-corrected chi connectivity index (χ2v) is 6.82. The minimum atomic E-state index is -0.151. The van der Waals surface area contributed by atoms with Gasteiger partial charge in [0.2, 0.25) is 0 Å². The van der Waals surface area contributed by atoms with Gasteiger partial charge in [-0.3, -0.25) is 4.79 Å². The summed E-state index contributed by atoms with van der Waals surface area (Å²) in [6, 6.07) is 8.62. The summed E-state index contributed by atoms with van der Waals surface area (Å²) in [7, 11) is 0. The lowest BCUT2D eigenvalue weighted by Crippen LogP contribution is -2.23. The van der Waals surface area contributed by atoms with E-state index in [-0.39, 0.29) is 11.7 Å². The van der Waals surface area contributed by atoms with Gasteiger partial charge in [0.15, 0.2) is 5.65 Å². The van der Waals surface area contributed by atoms with Crippen LogP contribution in [0.15, 0.2) is 30.3 Å². The number of benzene rings is 1. The molecule has 0 saturated carbocycles. The molecule has 0 saturated heterocycles. The summed E-state index contributed by atoms with van der Waals surface area (Å²) < 4.78 is 2.17. The van der Waals surface area contributed by atoms with E-state index in [0.29, 0.717) is 17.6 Å². The second kappa shape index (κ2) is 6.78. The molecule has 4 rings (SSSR count). The van der Waals surface area contributed by atoms with Gasteiger partial charge in [0.25, 0.3) is 5.91 Å². The Balaban J connectivity index is 1.64. The number of fused-ring (bicyclic) bond motifs is 3. The molecule has 3 aromatic rings. The van der Waals surface area contributed by atoms with Gasteiger partial charge in [0.1, 0.15) is 17.1 Å². The summed E-state index contributed by atoms with van der Waals surface area (Å²) in [5.74, 6) is 1.09. The molecule has 6 nitrogen and oxygen atoms in total. The summed E-state index contributed by atoms with van der Waals surface area (Å²) in [6.45, 7) is 3.22. The molecule has 3 heterocycles. The zero-order chi connectivity index (χ0) is 18.1. The van der Waals surface area contributed by atoms with Gasteiger partial charge in [-0.2, -0.15) is 0 Å². The first-order chi connectivity index (χ1) is 12.6. The van der Waals surface area contributed by atoms with Crippen molar-refractivity contribution in [2.45, 2.75) is 45.7 Å². The molecule has 0 spiro atoms. The second-order valence-electron chi connectivity index (χ2n) is 6.82. The third-order valence-corrected chi connectivity index (χ3v) is 4.83. The number of aromatic nitrogens is 3. The number of nitrogens with one attached hydrogen (secondary N) is 1. The highest BCUT2D eigenvalue weighted by molar-refractivity contribution is 6.04. The minimum absolute atomic E-state index is 0.151. The zero-order valence-corrected chi connectivity index (χ0v) is 14.8. The number of pyridine rings is 1. The van der Waals surface area contributed by atoms with E-state index in [1.54, 1.807) is 30.3 Å². The van der Waals surface area contributed by atoms with Gasteiger partial charge in [-0.25, -0.2) is 9.97 Å². The number of nitrogens with zero attached hydrogens (tertiary/aromatic N) is 3. The van der Waals surface area contributed by atoms with E-state index in [4.69, 9.17) is 4.98 Å². The van der Waals surface area contributed by atoms with E-state index in [2.05, 4.69) is 14.9 Å². The summed E-state index contributed by atoms with van der Waals surface area (Å²) in [4.78, 5) is 22.2. The average molecular weight is 350 g/mol. The maximum Gasteiger partial charge on any atom is 0.253 e. The van der Waals surface area contributed by atoms with E-state index >= 15 is 0 Å². The topological polar surface area (TPSA) is 80.0 Å². The molecule has 134 valence electrons.